The molecule has 0 amide bonds. The van der Waals surface area contributed by atoms with Crippen molar-refractivity contribution in [3.8, 4) is 0 Å². The van der Waals surface area contributed by atoms with Gasteiger partial charge in [0, 0.05) is 13.2 Å². The molecule has 16 heavy (non-hydrogen) atoms. The molecule has 5 heteroatoms. The molecule has 0 aromatic carbocycles. The number of ether oxygens (including phenoxy) is 1. The highest BCUT2D eigenvalue weighted by Gasteiger charge is 2.35. The minimum atomic E-state index is -3.10. The molecule has 1 aliphatic heterocycles. The van der Waals surface area contributed by atoms with Crippen molar-refractivity contribution in [3.05, 3.63) is 0 Å². The fourth-order valence-corrected chi connectivity index (χ4v) is 2.78. The fourth-order valence-electron chi connectivity index (χ4n) is 2.27. The van der Waals surface area contributed by atoms with E-state index in [2.05, 4.69) is 25.5 Å². The van der Waals surface area contributed by atoms with Crippen LogP contribution in [0.4, 0.5) is 0 Å². The van der Waals surface area contributed by atoms with Crippen LogP contribution in [0.2, 0.25) is 0 Å². The van der Waals surface area contributed by atoms with E-state index in [9.17, 15) is 8.42 Å². The quantitative estimate of drug-likeness (QED) is 0.822. The molecule has 1 fully saturated rings. The van der Waals surface area contributed by atoms with Crippen molar-refractivity contribution in [1.82, 2.24) is 4.72 Å². The van der Waals surface area contributed by atoms with Gasteiger partial charge in [0.1, 0.15) is 0 Å². The molecule has 0 saturated carbocycles. The smallest absolute Gasteiger partial charge is 0.208 e. The molecule has 0 aromatic rings. The van der Waals surface area contributed by atoms with E-state index in [1.54, 1.807) is 0 Å². The van der Waals surface area contributed by atoms with Gasteiger partial charge in [0.05, 0.1) is 12.4 Å². The first kappa shape index (κ1) is 13.9. The van der Waals surface area contributed by atoms with Crippen molar-refractivity contribution in [3.63, 3.8) is 0 Å². The van der Waals surface area contributed by atoms with Gasteiger partial charge in [-0.1, -0.05) is 20.8 Å². The second kappa shape index (κ2) is 5.02. The Morgan fingerprint density at radius 2 is 2.00 bits per heavy atom. The van der Waals surface area contributed by atoms with Gasteiger partial charge in [-0.2, -0.15) is 0 Å². The molecule has 1 heterocycles. The van der Waals surface area contributed by atoms with Gasteiger partial charge in [-0.05, 0) is 24.2 Å². The first-order valence-corrected chi connectivity index (χ1v) is 7.65. The fraction of sp³-hybridized carbons (Fsp3) is 1.00. The van der Waals surface area contributed by atoms with Crippen molar-refractivity contribution in [2.45, 2.75) is 39.7 Å². The average Bonchev–Trinajstić information content (AvgIpc) is 2.12. The Morgan fingerprint density at radius 3 is 2.50 bits per heavy atom. The maximum atomic E-state index is 11.1. The van der Waals surface area contributed by atoms with E-state index in [1.807, 2.05) is 0 Å². The molecular formula is C11H23NO3S. The number of hydrogen-bond donors (Lipinski definition) is 1. The third-order valence-corrected chi connectivity index (χ3v) is 3.60. The minimum Gasteiger partial charge on any atom is -0.377 e. The molecule has 1 saturated heterocycles. The Hall–Kier alpha value is -0.130. The first-order valence-electron chi connectivity index (χ1n) is 5.76. The predicted molar refractivity (Wildman–Crippen MR) is 64.8 cm³/mol. The van der Waals surface area contributed by atoms with Crippen LogP contribution in [-0.2, 0) is 14.8 Å². The first-order chi connectivity index (χ1) is 7.20. The van der Waals surface area contributed by atoms with E-state index in [0.29, 0.717) is 6.54 Å². The monoisotopic (exact) mass is 249 g/mol. The molecule has 1 aliphatic rings. The second-order valence-corrected chi connectivity index (χ2v) is 7.51. The summed E-state index contributed by atoms with van der Waals surface area (Å²) >= 11 is 0. The minimum absolute atomic E-state index is 0.0598. The van der Waals surface area contributed by atoms with E-state index in [0.717, 1.165) is 19.4 Å². The molecule has 0 aliphatic carbocycles. The molecule has 96 valence electrons. The summed E-state index contributed by atoms with van der Waals surface area (Å²) in [5.41, 5.74) is 0.0598. The normalized spacial score (nSPS) is 28.0. The zero-order valence-corrected chi connectivity index (χ0v) is 11.4. The summed E-state index contributed by atoms with van der Waals surface area (Å²) in [7, 11) is -3.10. The van der Waals surface area contributed by atoms with Crippen LogP contribution in [0.1, 0.15) is 33.6 Å². The van der Waals surface area contributed by atoms with Crippen molar-refractivity contribution in [1.29, 1.82) is 0 Å². The third-order valence-electron chi connectivity index (χ3n) is 2.91. The summed E-state index contributed by atoms with van der Waals surface area (Å²) in [5, 5.41) is 0. The van der Waals surface area contributed by atoms with E-state index < -0.39 is 10.0 Å². The van der Waals surface area contributed by atoms with Crippen molar-refractivity contribution in [2.75, 3.05) is 19.4 Å². The Morgan fingerprint density at radius 1 is 1.38 bits per heavy atom. The number of rotatable bonds is 3. The summed E-state index contributed by atoms with van der Waals surface area (Å²) < 4.78 is 30.5. The molecule has 0 bridgehead atoms. The van der Waals surface area contributed by atoms with Crippen LogP contribution in [0.15, 0.2) is 0 Å². The number of hydrogen-bond acceptors (Lipinski definition) is 3. The van der Waals surface area contributed by atoms with Gasteiger partial charge in [-0.3, -0.25) is 0 Å². The Kier molecular flexibility index (Phi) is 4.37. The van der Waals surface area contributed by atoms with Gasteiger partial charge in [0.25, 0.3) is 0 Å². The van der Waals surface area contributed by atoms with E-state index in [1.165, 1.54) is 6.26 Å². The third kappa shape index (κ3) is 4.39. The lowest BCUT2D eigenvalue weighted by Gasteiger charge is -2.40. The van der Waals surface area contributed by atoms with Gasteiger partial charge in [-0.15, -0.1) is 0 Å². The van der Waals surface area contributed by atoms with Crippen LogP contribution in [0, 0.1) is 11.3 Å². The SMILES string of the molecule is CC(C)(C)C1OCCCC1CNS(C)(=O)=O. The van der Waals surface area contributed by atoms with Crippen LogP contribution in [0.3, 0.4) is 0 Å². The Labute approximate surface area is 98.8 Å². The molecule has 0 spiro atoms. The molecule has 0 radical (unpaired) electrons. The van der Waals surface area contributed by atoms with Gasteiger partial charge in [0.15, 0.2) is 0 Å². The highest BCUT2D eigenvalue weighted by Crippen LogP contribution is 2.33. The summed E-state index contributed by atoms with van der Waals surface area (Å²) in [6, 6.07) is 0. The molecule has 1 N–H and O–H groups in total. The van der Waals surface area contributed by atoms with Crippen molar-refractivity contribution in [2.24, 2.45) is 11.3 Å². The summed E-state index contributed by atoms with van der Waals surface area (Å²) in [4.78, 5) is 0. The summed E-state index contributed by atoms with van der Waals surface area (Å²) in [5.74, 6) is 0.281. The molecule has 2 atom stereocenters. The van der Waals surface area contributed by atoms with Gasteiger partial charge < -0.3 is 4.74 Å². The average molecular weight is 249 g/mol. The van der Waals surface area contributed by atoms with Crippen molar-refractivity contribution < 1.29 is 13.2 Å². The molecular weight excluding hydrogens is 226 g/mol. The lowest BCUT2D eigenvalue weighted by Crippen LogP contribution is -2.45. The lowest BCUT2D eigenvalue weighted by molar-refractivity contribution is -0.0833. The van der Waals surface area contributed by atoms with E-state index in [4.69, 9.17) is 4.74 Å². The van der Waals surface area contributed by atoms with E-state index in [-0.39, 0.29) is 17.4 Å². The second-order valence-electron chi connectivity index (χ2n) is 5.68. The predicted octanol–water partition coefficient (Wildman–Crippen LogP) is 1.38. The number of sulfonamides is 1. The summed E-state index contributed by atoms with van der Waals surface area (Å²) in [6.45, 7) is 7.68. The molecule has 1 rings (SSSR count). The topological polar surface area (TPSA) is 55.4 Å². The Balaban J connectivity index is 2.61. The maximum Gasteiger partial charge on any atom is 0.208 e. The van der Waals surface area contributed by atoms with E-state index >= 15 is 0 Å². The summed E-state index contributed by atoms with van der Waals surface area (Å²) in [6.07, 6.45) is 3.38. The van der Waals surface area contributed by atoms with Crippen LogP contribution < -0.4 is 4.72 Å². The van der Waals surface area contributed by atoms with Crippen LogP contribution in [0.5, 0.6) is 0 Å². The van der Waals surface area contributed by atoms with Gasteiger partial charge in [0.2, 0.25) is 10.0 Å². The van der Waals surface area contributed by atoms with Gasteiger partial charge >= 0.3 is 0 Å². The van der Waals surface area contributed by atoms with Crippen LogP contribution >= 0.6 is 0 Å². The Bertz CT molecular complexity index is 319. The molecule has 0 aromatic heterocycles. The number of nitrogens with one attached hydrogen (secondary N) is 1. The lowest BCUT2D eigenvalue weighted by atomic mass is 9.78. The van der Waals surface area contributed by atoms with Crippen LogP contribution in [0.25, 0.3) is 0 Å². The molecule has 2 unspecified atom stereocenters. The van der Waals surface area contributed by atoms with Gasteiger partial charge in [-0.25, -0.2) is 13.1 Å². The van der Waals surface area contributed by atoms with Crippen molar-refractivity contribution >= 4 is 10.0 Å². The maximum absolute atomic E-state index is 11.1. The molecule has 4 nitrogen and oxygen atoms in total. The zero-order valence-electron chi connectivity index (χ0n) is 10.6. The largest absolute Gasteiger partial charge is 0.377 e. The van der Waals surface area contributed by atoms with Crippen LogP contribution in [-0.4, -0.2) is 33.9 Å². The highest BCUT2D eigenvalue weighted by molar-refractivity contribution is 7.88. The standard InChI is InChI=1S/C11H23NO3S/c1-11(2,3)10-9(6-5-7-15-10)8-12-16(4,13)14/h9-10,12H,5-8H2,1-4H3. The zero-order chi connectivity index (χ0) is 12.4. The highest BCUT2D eigenvalue weighted by atomic mass is 32.2.